The number of nitrogens with zero attached hydrogens (tertiary/aromatic N) is 6. The van der Waals surface area contributed by atoms with Gasteiger partial charge in [0.15, 0.2) is 5.82 Å². The molecule has 3 heterocycles. The summed E-state index contributed by atoms with van der Waals surface area (Å²) in [6, 6.07) is 3.80. The van der Waals surface area contributed by atoms with Crippen LogP contribution in [-0.4, -0.2) is 56.7 Å². The van der Waals surface area contributed by atoms with Crippen LogP contribution in [0.2, 0.25) is 0 Å². The first-order valence-corrected chi connectivity index (χ1v) is 8.12. The lowest BCUT2D eigenvalue weighted by Crippen LogP contribution is -2.49. The molecule has 0 aliphatic carbocycles. The molecular formula is C16H22N6O. The van der Waals surface area contributed by atoms with Crippen molar-refractivity contribution in [2.75, 3.05) is 31.1 Å². The summed E-state index contributed by atoms with van der Waals surface area (Å²) >= 11 is 0. The summed E-state index contributed by atoms with van der Waals surface area (Å²) in [4.78, 5) is 24.8. The maximum atomic E-state index is 12.1. The molecule has 7 heteroatoms. The normalized spacial score (nSPS) is 15.0. The monoisotopic (exact) mass is 314 g/mol. The Labute approximate surface area is 135 Å². The van der Waals surface area contributed by atoms with Gasteiger partial charge < -0.3 is 9.80 Å². The molecule has 1 fully saturated rings. The molecule has 3 rings (SSSR count). The van der Waals surface area contributed by atoms with Crippen LogP contribution < -0.4 is 4.90 Å². The van der Waals surface area contributed by atoms with Crippen molar-refractivity contribution in [1.82, 2.24) is 24.6 Å². The highest BCUT2D eigenvalue weighted by molar-refractivity contribution is 5.76. The molecule has 0 radical (unpaired) electrons. The van der Waals surface area contributed by atoms with Crippen LogP contribution in [0.4, 0.5) is 5.82 Å². The molecule has 0 spiro atoms. The van der Waals surface area contributed by atoms with E-state index in [9.17, 15) is 4.79 Å². The van der Waals surface area contributed by atoms with Gasteiger partial charge in [0.1, 0.15) is 12.1 Å². The van der Waals surface area contributed by atoms with Crippen molar-refractivity contribution in [1.29, 1.82) is 0 Å². The molecule has 1 aliphatic heterocycles. The molecule has 2 aromatic heterocycles. The van der Waals surface area contributed by atoms with Gasteiger partial charge in [-0.05, 0) is 12.5 Å². The van der Waals surface area contributed by atoms with Crippen molar-refractivity contribution in [3.63, 3.8) is 0 Å². The Kier molecular flexibility index (Phi) is 4.85. The summed E-state index contributed by atoms with van der Waals surface area (Å²) in [5.74, 6) is 1.90. The molecule has 0 saturated carbocycles. The van der Waals surface area contributed by atoms with Crippen molar-refractivity contribution in [2.24, 2.45) is 0 Å². The van der Waals surface area contributed by atoms with E-state index in [2.05, 4.69) is 26.9 Å². The van der Waals surface area contributed by atoms with Gasteiger partial charge in [-0.25, -0.2) is 14.6 Å². The second-order valence-electron chi connectivity index (χ2n) is 5.66. The fourth-order valence-corrected chi connectivity index (χ4v) is 2.71. The van der Waals surface area contributed by atoms with Gasteiger partial charge >= 0.3 is 0 Å². The molecule has 7 nitrogen and oxygen atoms in total. The molecule has 122 valence electrons. The minimum atomic E-state index is 0.270. The summed E-state index contributed by atoms with van der Waals surface area (Å²) in [7, 11) is 0. The summed E-state index contributed by atoms with van der Waals surface area (Å²) < 4.78 is 1.72. The highest BCUT2D eigenvalue weighted by Gasteiger charge is 2.21. The van der Waals surface area contributed by atoms with E-state index >= 15 is 0 Å². The molecule has 0 unspecified atom stereocenters. The maximum absolute atomic E-state index is 12.1. The molecule has 1 saturated heterocycles. The minimum Gasteiger partial charge on any atom is -0.353 e. The average Bonchev–Trinajstić information content (AvgIpc) is 3.14. The standard InChI is InChI=1S/C16H22N6O/c1-2-3-5-16(23)21-10-8-20(9-11-21)14-12-15(18-13-17-14)22-7-4-6-19-22/h4,6-7,12-13H,2-3,5,8-11H2,1H3. The van der Waals surface area contributed by atoms with Crippen LogP contribution in [0.25, 0.3) is 5.82 Å². The molecule has 0 atom stereocenters. The topological polar surface area (TPSA) is 67.2 Å². The number of rotatable bonds is 5. The Morgan fingerprint density at radius 1 is 1.17 bits per heavy atom. The Morgan fingerprint density at radius 2 is 1.96 bits per heavy atom. The molecule has 1 aliphatic rings. The zero-order chi connectivity index (χ0) is 16.1. The van der Waals surface area contributed by atoms with Gasteiger partial charge in [-0.15, -0.1) is 0 Å². The maximum Gasteiger partial charge on any atom is 0.222 e. The van der Waals surface area contributed by atoms with Crippen LogP contribution in [0.5, 0.6) is 0 Å². The molecule has 1 amide bonds. The number of hydrogen-bond donors (Lipinski definition) is 0. The number of carbonyl (C=O) groups excluding carboxylic acids is 1. The quantitative estimate of drug-likeness (QED) is 0.836. The van der Waals surface area contributed by atoms with Crippen LogP contribution in [0.15, 0.2) is 30.9 Å². The fourth-order valence-electron chi connectivity index (χ4n) is 2.71. The number of piperazine rings is 1. The van der Waals surface area contributed by atoms with Gasteiger partial charge in [0.25, 0.3) is 0 Å². The number of unbranched alkanes of at least 4 members (excludes halogenated alkanes) is 1. The van der Waals surface area contributed by atoms with E-state index in [1.165, 1.54) is 0 Å². The number of hydrogen-bond acceptors (Lipinski definition) is 5. The largest absolute Gasteiger partial charge is 0.353 e. The van der Waals surface area contributed by atoms with E-state index in [1.54, 1.807) is 17.2 Å². The van der Waals surface area contributed by atoms with Gasteiger partial charge in [0.05, 0.1) is 0 Å². The lowest BCUT2D eigenvalue weighted by molar-refractivity contribution is -0.131. The zero-order valence-corrected chi connectivity index (χ0v) is 13.4. The van der Waals surface area contributed by atoms with Gasteiger partial charge in [-0.3, -0.25) is 4.79 Å². The van der Waals surface area contributed by atoms with Crippen LogP contribution in [-0.2, 0) is 4.79 Å². The predicted octanol–water partition coefficient (Wildman–Crippen LogP) is 1.50. The van der Waals surface area contributed by atoms with Crippen LogP contribution >= 0.6 is 0 Å². The van der Waals surface area contributed by atoms with Crippen molar-refractivity contribution >= 4 is 11.7 Å². The smallest absolute Gasteiger partial charge is 0.222 e. The first-order chi connectivity index (χ1) is 11.3. The third-order valence-corrected chi connectivity index (χ3v) is 4.08. The van der Waals surface area contributed by atoms with Crippen molar-refractivity contribution in [2.45, 2.75) is 26.2 Å². The summed E-state index contributed by atoms with van der Waals surface area (Å²) in [6.45, 7) is 5.21. The Bertz CT molecular complexity index is 634. The third kappa shape index (κ3) is 3.67. The number of aromatic nitrogens is 4. The predicted molar refractivity (Wildman–Crippen MR) is 87.5 cm³/mol. The highest BCUT2D eigenvalue weighted by Crippen LogP contribution is 2.16. The van der Waals surface area contributed by atoms with E-state index in [0.717, 1.165) is 50.7 Å². The Balaban J connectivity index is 1.62. The zero-order valence-electron chi connectivity index (χ0n) is 13.4. The Morgan fingerprint density at radius 3 is 2.65 bits per heavy atom. The summed E-state index contributed by atoms with van der Waals surface area (Å²) in [5, 5.41) is 4.19. The minimum absolute atomic E-state index is 0.270. The van der Waals surface area contributed by atoms with Crippen LogP contribution in [0.1, 0.15) is 26.2 Å². The molecule has 23 heavy (non-hydrogen) atoms. The van der Waals surface area contributed by atoms with Crippen molar-refractivity contribution < 1.29 is 4.79 Å². The van der Waals surface area contributed by atoms with E-state index in [-0.39, 0.29) is 5.91 Å². The average molecular weight is 314 g/mol. The van der Waals surface area contributed by atoms with Gasteiger partial charge in [0.2, 0.25) is 5.91 Å². The van der Waals surface area contributed by atoms with Gasteiger partial charge in [-0.2, -0.15) is 5.10 Å². The van der Waals surface area contributed by atoms with E-state index < -0.39 is 0 Å². The first-order valence-electron chi connectivity index (χ1n) is 8.12. The lowest BCUT2D eigenvalue weighted by atomic mass is 10.2. The van der Waals surface area contributed by atoms with Crippen LogP contribution in [0, 0.1) is 0 Å². The van der Waals surface area contributed by atoms with Gasteiger partial charge in [-0.1, -0.05) is 13.3 Å². The molecule has 0 N–H and O–H groups in total. The SMILES string of the molecule is CCCCC(=O)N1CCN(c2cc(-n3cccn3)ncn2)CC1. The second-order valence-corrected chi connectivity index (χ2v) is 5.66. The number of carbonyl (C=O) groups is 1. The van der Waals surface area contributed by atoms with E-state index in [0.29, 0.717) is 6.42 Å². The highest BCUT2D eigenvalue weighted by atomic mass is 16.2. The van der Waals surface area contributed by atoms with Crippen molar-refractivity contribution in [3.8, 4) is 5.82 Å². The fraction of sp³-hybridized carbons (Fsp3) is 0.500. The summed E-state index contributed by atoms with van der Waals surface area (Å²) in [5.41, 5.74) is 0. The number of anilines is 1. The molecule has 0 bridgehead atoms. The first kappa shape index (κ1) is 15.5. The van der Waals surface area contributed by atoms with Crippen molar-refractivity contribution in [3.05, 3.63) is 30.9 Å². The molecule has 2 aromatic rings. The molecule has 0 aromatic carbocycles. The van der Waals surface area contributed by atoms with Gasteiger partial charge in [0, 0.05) is 51.1 Å². The molecular weight excluding hydrogens is 292 g/mol. The third-order valence-electron chi connectivity index (χ3n) is 4.08. The van der Waals surface area contributed by atoms with E-state index in [1.807, 2.05) is 23.2 Å². The number of amides is 1. The summed E-state index contributed by atoms with van der Waals surface area (Å²) in [6.07, 6.45) is 7.83. The Hall–Kier alpha value is -2.44. The van der Waals surface area contributed by atoms with Crippen LogP contribution in [0.3, 0.4) is 0 Å². The second kappa shape index (κ2) is 7.21. The van der Waals surface area contributed by atoms with E-state index in [4.69, 9.17) is 0 Å². The lowest BCUT2D eigenvalue weighted by Gasteiger charge is -2.35.